The lowest BCUT2D eigenvalue weighted by Gasteiger charge is -2.04. The van der Waals surface area contributed by atoms with Crippen LogP contribution in [-0.4, -0.2) is 16.1 Å². The molecule has 0 aliphatic heterocycles. The van der Waals surface area contributed by atoms with Crippen LogP contribution in [0.3, 0.4) is 0 Å². The Morgan fingerprint density at radius 2 is 2.33 bits per heavy atom. The van der Waals surface area contributed by atoms with E-state index >= 15 is 0 Å². The Hall–Kier alpha value is -0.830. The van der Waals surface area contributed by atoms with Crippen molar-refractivity contribution in [3.8, 4) is 0 Å². The maximum absolute atomic E-state index is 4.21. The number of hydrogen-bond acceptors (Lipinski definition) is 2. The van der Waals surface area contributed by atoms with Crippen LogP contribution in [-0.2, 0) is 13.6 Å². The van der Waals surface area contributed by atoms with E-state index in [9.17, 15) is 0 Å². The van der Waals surface area contributed by atoms with Gasteiger partial charge in [-0.1, -0.05) is 13.8 Å². The molecule has 1 N–H and O–H groups in total. The van der Waals surface area contributed by atoms with Gasteiger partial charge in [0.25, 0.3) is 0 Å². The second-order valence-corrected chi connectivity index (χ2v) is 3.56. The van der Waals surface area contributed by atoms with Crippen LogP contribution in [0.25, 0.3) is 0 Å². The van der Waals surface area contributed by atoms with Gasteiger partial charge in [-0.25, -0.2) is 4.98 Å². The number of imidazole rings is 1. The molecule has 68 valence electrons. The van der Waals surface area contributed by atoms with Gasteiger partial charge >= 0.3 is 0 Å². The van der Waals surface area contributed by atoms with Crippen molar-refractivity contribution in [2.24, 2.45) is 13.0 Å². The van der Waals surface area contributed by atoms with E-state index in [2.05, 4.69) is 24.1 Å². The van der Waals surface area contributed by atoms with Gasteiger partial charge in [-0.2, -0.15) is 0 Å². The molecule has 0 aliphatic carbocycles. The van der Waals surface area contributed by atoms with Gasteiger partial charge in [0.2, 0.25) is 0 Å². The average Bonchev–Trinajstić information content (AvgIpc) is 2.35. The van der Waals surface area contributed by atoms with E-state index in [-0.39, 0.29) is 0 Å². The maximum atomic E-state index is 4.21. The van der Waals surface area contributed by atoms with Crippen molar-refractivity contribution in [1.82, 2.24) is 14.9 Å². The molecule has 0 saturated heterocycles. The minimum atomic E-state index is 0.703. The molecular weight excluding hydrogens is 150 g/mol. The molecule has 1 rings (SSSR count). The first-order chi connectivity index (χ1) is 5.68. The molecule has 0 atom stereocenters. The fourth-order valence-corrected chi connectivity index (χ4v) is 1.05. The molecule has 0 amide bonds. The van der Waals surface area contributed by atoms with E-state index in [0.717, 1.165) is 18.8 Å². The normalized spacial score (nSPS) is 11.0. The van der Waals surface area contributed by atoms with Gasteiger partial charge in [0.1, 0.15) is 0 Å². The number of aryl methyl sites for hydroxylation is 1. The first-order valence-corrected chi connectivity index (χ1v) is 4.36. The predicted molar refractivity (Wildman–Crippen MR) is 49.8 cm³/mol. The predicted octanol–water partition coefficient (Wildman–Crippen LogP) is 1.17. The van der Waals surface area contributed by atoms with Gasteiger partial charge in [0, 0.05) is 19.8 Å². The van der Waals surface area contributed by atoms with Crippen molar-refractivity contribution < 1.29 is 0 Å². The monoisotopic (exact) mass is 167 g/mol. The third kappa shape index (κ3) is 3.05. The molecule has 3 heteroatoms. The van der Waals surface area contributed by atoms with Crippen LogP contribution in [0.15, 0.2) is 12.5 Å². The molecule has 3 nitrogen and oxygen atoms in total. The molecule has 1 aromatic rings. The molecule has 0 bridgehead atoms. The minimum absolute atomic E-state index is 0.703. The van der Waals surface area contributed by atoms with Gasteiger partial charge in [-0.15, -0.1) is 0 Å². The lowest BCUT2D eigenvalue weighted by atomic mass is 10.2. The Balaban J connectivity index is 2.24. The summed E-state index contributed by atoms with van der Waals surface area (Å²) < 4.78 is 1.96. The van der Waals surface area contributed by atoms with Crippen LogP contribution in [0.1, 0.15) is 19.5 Å². The zero-order valence-corrected chi connectivity index (χ0v) is 8.04. The number of rotatable bonds is 4. The van der Waals surface area contributed by atoms with Gasteiger partial charge in [-0.3, -0.25) is 0 Å². The van der Waals surface area contributed by atoms with E-state index < -0.39 is 0 Å². The van der Waals surface area contributed by atoms with E-state index in [1.165, 1.54) is 0 Å². The summed E-state index contributed by atoms with van der Waals surface area (Å²) in [5.41, 5.74) is 1.11. The Bertz CT molecular complexity index is 227. The quantitative estimate of drug-likeness (QED) is 0.729. The molecule has 0 saturated carbocycles. The molecular formula is C9H17N3. The molecule has 0 radical (unpaired) electrons. The first kappa shape index (κ1) is 9.26. The fourth-order valence-electron chi connectivity index (χ4n) is 1.05. The van der Waals surface area contributed by atoms with E-state index in [4.69, 9.17) is 0 Å². The second-order valence-electron chi connectivity index (χ2n) is 3.56. The Kier molecular flexibility index (Phi) is 3.29. The standard InChI is InChI=1S/C9H17N3/c1-8(2)4-10-5-9-6-12(3)7-11-9/h6-8,10H,4-5H2,1-3H3. The molecule has 0 aliphatic rings. The number of nitrogens with one attached hydrogen (secondary N) is 1. The third-order valence-corrected chi connectivity index (χ3v) is 1.62. The summed E-state index contributed by atoms with van der Waals surface area (Å²) in [5.74, 6) is 0.703. The zero-order valence-electron chi connectivity index (χ0n) is 8.04. The summed E-state index contributed by atoms with van der Waals surface area (Å²) in [4.78, 5) is 4.21. The topological polar surface area (TPSA) is 29.9 Å². The first-order valence-electron chi connectivity index (χ1n) is 4.36. The van der Waals surface area contributed by atoms with Gasteiger partial charge in [-0.05, 0) is 12.5 Å². The number of aromatic nitrogens is 2. The zero-order chi connectivity index (χ0) is 8.97. The number of hydrogen-bond donors (Lipinski definition) is 1. The SMILES string of the molecule is CC(C)CNCc1cn(C)cn1. The Morgan fingerprint density at radius 3 is 2.83 bits per heavy atom. The highest BCUT2D eigenvalue weighted by Crippen LogP contribution is 1.94. The van der Waals surface area contributed by atoms with Crippen molar-refractivity contribution in [3.05, 3.63) is 18.2 Å². The summed E-state index contributed by atoms with van der Waals surface area (Å²) in [6.45, 7) is 6.33. The smallest absolute Gasteiger partial charge is 0.0947 e. The van der Waals surface area contributed by atoms with E-state index in [1.54, 1.807) is 0 Å². The Morgan fingerprint density at radius 1 is 1.58 bits per heavy atom. The van der Waals surface area contributed by atoms with Crippen molar-refractivity contribution in [2.45, 2.75) is 20.4 Å². The third-order valence-electron chi connectivity index (χ3n) is 1.62. The molecule has 1 aromatic heterocycles. The van der Waals surface area contributed by atoms with Gasteiger partial charge in [0.05, 0.1) is 12.0 Å². The van der Waals surface area contributed by atoms with E-state index in [1.807, 2.05) is 24.1 Å². The van der Waals surface area contributed by atoms with Crippen molar-refractivity contribution in [2.75, 3.05) is 6.54 Å². The van der Waals surface area contributed by atoms with Crippen molar-refractivity contribution >= 4 is 0 Å². The van der Waals surface area contributed by atoms with Crippen molar-refractivity contribution in [1.29, 1.82) is 0 Å². The number of nitrogens with zero attached hydrogens (tertiary/aromatic N) is 2. The van der Waals surface area contributed by atoms with E-state index in [0.29, 0.717) is 5.92 Å². The molecule has 0 aromatic carbocycles. The average molecular weight is 167 g/mol. The second kappa shape index (κ2) is 4.26. The highest BCUT2D eigenvalue weighted by Gasteiger charge is 1.96. The summed E-state index contributed by atoms with van der Waals surface area (Å²) >= 11 is 0. The summed E-state index contributed by atoms with van der Waals surface area (Å²) in [5, 5.41) is 3.34. The van der Waals surface area contributed by atoms with Crippen LogP contribution in [0.5, 0.6) is 0 Å². The molecule has 1 heterocycles. The van der Waals surface area contributed by atoms with Crippen LogP contribution in [0, 0.1) is 5.92 Å². The molecule has 12 heavy (non-hydrogen) atoms. The van der Waals surface area contributed by atoms with Gasteiger partial charge in [0.15, 0.2) is 0 Å². The summed E-state index contributed by atoms with van der Waals surface area (Å²) in [7, 11) is 1.99. The lowest BCUT2D eigenvalue weighted by Crippen LogP contribution is -2.19. The molecule has 0 unspecified atom stereocenters. The summed E-state index contributed by atoms with van der Waals surface area (Å²) in [6, 6.07) is 0. The largest absolute Gasteiger partial charge is 0.340 e. The highest BCUT2D eigenvalue weighted by atomic mass is 15.0. The molecule has 0 fully saturated rings. The van der Waals surface area contributed by atoms with Crippen LogP contribution in [0.2, 0.25) is 0 Å². The van der Waals surface area contributed by atoms with Crippen molar-refractivity contribution in [3.63, 3.8) is 0 Å². The highest BCUT2D eigenvalue weighted by molar-refractivity contribution is 4.95. The van der Waals surface area contributed by atoms with Gasteiger partial charge < -0.3 is 9.88 Å². The lowest BCUT2D eigenvalue weighted by molar-refractivity contribution is 0.549. The minimum Gasteiger partial charge on any atom is -0.340 e. The summed E-state index contributed by atoms with van der Waals surface area (Å²) in [6.07, 6.45) is 3.86. The van der Waals surface area contributed by atoms with Crippen LogP contribution < -0.4 is 5.32 Å². The van der Waals surface area contributed by atoms with Crippen LogP contribution in [0.4, 0.5) is 0 Å². The fraction of sp³-hybridized carbons (Fsp3) is 0.667. The Labute approximate surface area is 73.8 Å². The molecule has 0 spiro atoms. The maximum Gasteiger partial charge on any atom is 0.0947 e. The van der Waals surface area contributed by atoms with Crippen LogP contribution >= 0.6 is 0 Å².